The van der Waals surface area contributed by atoms with Crippen molar-refractivity contribution in [3.8, 4) is 0 Å². The molecule has 0 fully saturated rings. The molecule has 2 heteroatoms. The Morgan fingerprint density at radius 2 is 1.76 bits per heavy atom. The van der Waals surface area contributed by atoms with Gasteiger partial charge in [0.2, 0.25) is 0 Å². The topological polar surface area (TPSA) is 26.3 Å². The van der Waals surface area contributed by atoms with E-state index in [2.05, 4.69) is 19.9 Å². The van der Waals surface area contributed by atoms with Crippen LogP contribution in [0.1, 0.15) is 72.1 Å². The summed E-state index contributed by atoms with van der Waals surface area (Å²) in [4.78, 5) is 10.8. The number of rotatable bonds is 10. The Hall–Kier alpha value is -0.790. The zero-order valence-electron chi connectivity index (χ0n) is 11.8. The van der Waals surface area contributed by atoms with Gasteiger partial charge in [0.25, 0.3) is 0 Å². The molecule has 0 aromatic carbocycles. The molecule has 0 N–H and O–H groups in total. The maximum Gasteiger partial charge on any atom is 0.302 e. The fourth-order valence-corrected chi connectivity index (χ4v) is 1.80. The van der Waals surface area contributed by atoms with E-state index in [9.17, 15) is 4.79 Å². The van der Waals surface area contributed by atoms with Crippen molar-refractivity contribution in [3.63, 3.8) is 0 Å². The Morgan fingerprint density at radius 1 is 1.06 bits per heavy atom. The van der Waals surface area contributed by atoms with Gasteiger partial charge in [-0.1, -0.05) is 52.0 Å². The Morgan fingerprint density at radius 3 is 2.35 bits per heavy atom. The van der Waals surface area contributed by atoms with Gasteiger partial charge in [-0.15, -0.1) is 0 Å². The third-order valence-corrected chi connectivity index (χ3v) is 2.77. The van der Waals surface area contributed by atoms with Crippen molar-refractivity contribution in [3.05, 3.63) is 11.6 Å². The first-order valence-corrected chi connectivity index (χ1v) is 7.02. The average molecular weight is 240 g/mol. The van der Waals surface area contributed by atoms with Gasteiger partial charge in [-0.25, -0.2) is 0 Å². The Balaban J connectivity index is 3.74. The molecule has 0 aliphatic heterocycles. The van der Waals surface area contributed by atoms with Crippen molar-refractivity contribution >= 4 is 5.97 Å². The molecule has 0 spiro atoms. The molecule has 0 aromatic rings. The second kappa shape index (κ2) is 11.7. The maximum atomic E-state index is 10.8. The summed E-state index contributed by atoms with van der Waals surface area (Å²) in [6, 6.07) is 0. The fraction of sp³-hybridized carbons (Fsp3) is 0.800. The normalized spacial score (nSPS) is 11.6. The standard InChI is InChI=1S/C15H28O2/c1-4-6-7-8-9-10-12-15(11-5-2)13-17-14(3)16/h12H,4-11,13H2,1-3H3. The Bertz CT molecular complexity index is 219. The van der Waals surface area contributed by atoms with Gasteiger partial charge in [-0.2, -0.15) is 0 Å². The third-order valence-electron chi connectivity index (χ3n) is 2.77. The quantitative estimate of drug-likeness (QED) is 0.316. The average Bonchev–Trinajstić information content (AvgIpc) is 2.30. The molecule has 0 aliphatic carbocycles. The number of hydrogen-bond donors (Lipinski definition) is 0. The molecule has 0 amide bonds. The number of carbonyl (C=O) groups excluding carboxylic acids is 1. The van der Waals surface area contributed by atoms with Gasteiger partial charge < -0.3 is 4.74 Å². The van der Waals surface area contributed by atoms with Crippen LogP contribution < -0.4 is 0 Å². The summed E-state index contributed by atoms with van der Waals surface area (Å²) < 4.78 is 5.04. The summed E-state index contributed by atoms with van der Waals surface area (Å²) in [6.45, 7) is 6.34. The second-order valence-corrected chi connectivity index (χ2v) is 4.60. The first-order valence-electron chi connectivity index (χ1n) is 7.02. The summed E-state index contributed by atoms with van der Waals surface area (Å²) in [6.07, 6.45) is 12.1. The lowest BCUT2D eigenvalue weighted by molar-refractivity contribution is -0.140. The molecule has 0 rings (SSSR count). The molecule has 0 aromatic heterocycles. The monoisotopic (exact) mass is 240 g/mol. The smallest absolute Gasteiger partial charge is 0.302 e. The largest absolute Gasteiger partial charge is 0.461 e. The van der Waals surface area contributed by atoms with Gasteiger partial charge in [0, 0.05) is 6.92 Å². The van der Waals surface area contributed by atoms with Crippen LogP contribution in [0.2, 0.25) is 0 Å². The van der Waals surface area contributed by atoms with Gasteiger partial charge in [-0.3, -0.25) is 4.79 Å². The number of unbranched alkanes of at least 4 members (excludes halogenated alkanes) is 5. The fourth-order valence-electron chi connectivity index (χ4n) is 1.80. The van der Waals surface area contributed by atoms with Crippen LogP contribution in [0.5, 0.6) is 0 Å². The van der Waals surface area contributed by atoms with Crippen molar-refractivity contribution in [1.29, 1.82) is 0 Å². The van der Waals surface area contributed by atoms with Crippen LogP contribution in [-0.4, -0.2) is 12.6 Å². The van der Waals surface area contributed by atoms with E-state index >= 15 is 0 Å². The molecule has 0 heterocycles. The van der Waals surface area contributed by atoms with Crippen LogP contribution in [0, 0.1) is 0 Å². The number of carbonyl (C=O) groups is 1. The SMILES string of the molecule is CCCCCCCC=C(CCC)COC(C)=O. The summed E-state index contributed by atoms with van der Waals surface area (Å²) in [5.74, 6) is -0.185. The Kier molecular flexibility index (Phi) is 11.1. The summed E-state index contributed by atoms with van der Waals surface area (Å²) in [5, 5.41) is 0. The summed E-state index contributed by atoms with van der Waals surface area (Å²) >= 11 is 0. The Labute approximate surface area is 106 Å². The van der Waals surface area contributed by atoms with E-state index in [1.807, 2.05) is 0 Å². The van der Waals surface area contributed by atoms with Crippen LogP contribution in [0.4, 0.5) is 0 Å². The van der Waals surface area contributed by atoms with Crippen LogP contribution >= 0.6 is 0 Å². The van der Waals surface area contributed by atoms with Crippen molar-refractivity contribution < 1.29 is 9.53 Å². The maximum absolute atomic E-state index is 10.8. The molecule has 0 bridgehead atoms. The van der Waals surface area contributed by atoms with Crippen LogP contribution in [0.25, 0.3) is 0 Å². The zero-order valence-corrected chi connectivity index (χ0v) is 11.8. The zero-order chi connectivity index (χ0) is 12.9. The molecule has 0 unspecified atom stereocenters. The molecule has 2 nitrogen and oxygen atoms in total. The molecule has 0 saturated carbocycles. The lowest BCUT2D eigenvalue weighted by atomic mass is 10.1. The molecule has 0 saturated heterocycles. The molecule has 17 heavy (non-hydrogen) atoms. The third kappa shape index (κ3) is 11.5. The first kappa shape index (κ1) is 16.2. The van der Waals surface area contributed by atoms with E-state index < -0.39 is 0 Å². The molecular weight excluding hydrogens is 212 g/mol. The van der Waals surface area contributed by atoms with E-state index in [0.29, 0.717) is 6.61 Å². The molecule has 100 valence electrons. The minimum atomic E-state index is -0.185. The van der Waals surface area contributed by atoms with Crippen molar-refractivity contribution in [2.45, 2.75) is 72.1 Å². The molecule has 0 aliphatic rings. The highest BCUT2D eigenvalue weighted by atomic mass is 16.5. The van der Waals surface area contributed by atoms with Crippen molar-refractivity contribution in [2.24, 2.45) is 0 Å². The summed E-state index contributed by atoms with van der Waals surface area (Å²) in [7, 11) is 0. The highest BCUT2D eigenvalue weighted by molar-refractivity contribution is 5.66. The van der Waals surface area contributed by atoms with Gasteiger partial charge in [0.15, 0.2) is 0 Å². The first-order chi connectivity index (χ1) is 8.20. The van der Waals surface area contributed by atoms with Crippen molar-refractivity contribution in [1.82, 2.24) is 0 Å². The van der Waals surface area contributed by atoms with Gasteiger partial charge >= 0.3 is 5.97 Å². The van der Waals surface area contributed by atoms with Gasteiger partial charge in [-0.05, 0) is 24.8 Å². The lowest BCUT2D eigenvalue weighted by Gasteiger charge is -2.06. The summed E-state index contributed by atoms with van der Waals surface area (Å²) in [5.41, 5.74) is 1.28. The van der Waals surface area contributed by atoms with Gasteiger partial charge in [0.1, 0.15) is 6.61 Å². The molecule has 0 radical (unpaired) electrons. The number of hydrogen-bond acceptors (Lipinski definition) is 2. The van der Waals surface area contributed by atoms with Crippen molar-refractivity contribution in [2.75, 3.05) is 6.61 Å². The highest BCUT2D eigenvalue weighted by Crippen LogP contribution is 2.11. The number of esters is 1. The molecule has 0 atom stereocenters. The minimum Gasteiger partial charge on any atom is -0.461 e. The van der Waals surface area contributed by atoms with Crippen LogP contribution in [-0.2, 0) is 9.53 Å². The van der Waals surface area contributed by atoms with E-state index in [0.717, 1.165) is 19.3 Å². The predicted molar refractivity (Wildman–Crippen MR) is 73.0 cm³/mol. The van der Waals surface area contributed by atoms with Gasteiger partial charge in [0.05, 0.1) is 0 Å². The van der Waals surface area contributed by atoms with Crippen LogP contribution in [0.3, 0.4) is 0 Å². The number of ether oxygens (including phenoxy) is 1. The molecular formula is C15H28O2. The van der Waals surface area contributed by atoms with E-state index in [-0.39, 0.29) is 5.97 Å². The second-order valence-electron chi connectivity index (χ2n) is 4.60. The van der Waals surface area contributed by atoms with E-state index in [1.54, 1.807) is 0 Å². The number of allylic oxidation sites excluding steroid dienone is 1. The van der Waals surface area contributed by atoms with Crippen LogP contribution in [0.15, 0.2) is 11.6 Å². The van der Waals surface area contributed by atoms with E-state index in [4.69, 9.17) is 4.74 Å². The predicted octanol–water partition coefficient (Wildman–Crippen LogP) is 4.64. The van der Waals surface area contributed by atoms with E-state index in [1.165, 1.54) is 44.6 Å². The lowest BCUT2D eigenvalue weighted by Crippen LogP contribution is -2.03. The minimum absolute atomic E-state index is 0.185. The highest BCUT2D eigenvalue weighted by Gasteiger charge is 1.99.